The number of nitrogens with one attached hydrogen (secondary N) is 2. The molecule has 1 aliphatic rings. The Morgan fingerprint density at radius 3 is 2.59 bits per heavy atom. The van der Waals surface area contributed by atoms with Crippen LogP contribution in [0.5, 0.6) is 0 Å². The molecule has 0 aliphatic carbocycles. The third-order valence-electron chi connectivity index (χ3n) is 3.76. The van der Waals surface area contributed by atoms with Gasteiger partial charge in [0.15, 0.2) is 0 Å². The Morgan fingerprint density at radius 1 is 1.26 bits per heavy atom. The van der Waals surface area contributed by atoms with E-state index in [1.165, 1.54) is 11.8 Å². The van der Waals surface area contributed by atoms with Crippen molar-refractivity contribution in [3.8, 4) is 0 Å². The number of carbonyl (C=O) groups excluding carboxylic acids is 2. The molecule has 0 radical (unpaired) electrons. The first kappa shape index (κ1) is 23.6. The van der Waals surface area contributed by atoms with Crippen molar-refractivity contribution in [1.29, 1.82) is 0 Å². The summed E-state index contributed by atoms with van der Waals surface area (Å²) >= 11 is 1.41. The molecule has 2 amide bonds. The normalized spacial score (nSPS) is 18.4. The van der Waals surface area contributed by atoms with Crippen LogP contribution >= 0.6 is 11.8 Å². The molecule has 0 aromatic heterocycles. The summed E-state index contributed by atoms with van der Waals surface area (Å²) in [5, 5.41) is 14.5. The van der Waals surface area contributed by atoms with E-state index in [1.807, 2.05) is 0 Å². The highest BCUT2D eigenvalue weighted by atomic mass is 32.2. The first-order valence-corrected chi connectivity index (χ1v) is 10.4. The first-order chi connectivity index (χ1) is 12.7. The molecule has 8 nitrogen and oxygen atoms in total. The molecule has 0 spiro atoms. The third-order valence-corrected chi connectivity index (χ3v) is 4.93. The van der Waals surface area contributed by atoms with Crippen LogP contribution in [0, 0.1) is 0 Å². The lowest BCUT2D eigenvalue weighted by Crippen LogP contribution is -2.42. The summed E-state index contributed by atoms with van der Waals surface area (Å²) in [5.74, 6) is -1.16. The smallest absolute Gasteiger partial charge is 0.407 e. The fourth-order valence-electron chi connectivity index (χ4n) is 2.48. The van der Waals surface area contributed by atoms with E-state index >= 15 is 0 Å². The number of rotatable bonds is 10. The predicted octanol–water partition coefficient (Wildman–Crippen LogP) is 2.51. The van der Waals surface area contributed by atoms with E-state index in [2.05, 4.69) is 10.6 Å². The quantitative estimate of drug-likeness (QED) is 0.479. The van der Waals surface area contributed by atoms with E-state index in [0.29, 0.717) is 32.4 Å². The van der Waals surface area contributed by atoms with Gasteiger partial charge in [-0.1, -0.05) is 0 Å². The van der Waals surface area contributed by atoms with Gasteiger partial charge < -0.3 is 25.2 Å². The molecule has 3 N–H and O–H groups in total. The lowest BCUT2D eigenvalue weighted by molar-refractivity contribution is -0.141. The fourth-order valence-corrected chi connectivity index (χ4v) is 3.43. The SMILES string of the molecule is CC(C)(C)OC(=O)NCCCC[C@H](NC(=O)CS[C@H]1CCCCO1)C(=O)O. The van der Waals surface area contributed by atoms with Gasteiger partial charge >= 0.3 is 12.1 Å². The molecule has 1 aliphatic heterocycles. The Bertz CT molecular complexity index is 489. The van der Waals surface area contributed by atoms with Crippen molar-refractivity contribution in [2.24, 2.45) is 0 Å². The van der Waals surface area contributed by atoms with Crippen molar-refractivity contribution in [2.75, 3.05) is 18.9 Å². The summed E-state index contributed by atoms with van der Waals surface area (Å²) in [7, 11) is 0. The van der Waals surface area contributed by atoms with Crippen LogP contribution < -0.4 is 10.6 Å². The highest BCUT2D eigenvalue weighted by molar-refractivity contribution is 8.00. The molecular weight excluding hydrogens is 372 g/mol. The number of hydrogen-bond acceptors (Lipinski definition) is 6. The van der Waals surface area contributed by atoms with Gasteiger partial charge in [0.2, 0.25) is 5.91 Å². The number of carboxylic acid groups (broad SMARTS) is 1. The number of carbonyl (C=O) groups is 3. The van der Waals surface area contributed by atoms with Gasteiger partial charge in [0, 0.05) is 13.2 Å². The summed E-state index contributed by atoms with van der Waals surface area (Å²) in [6.45, 7) is 6.46. The Hall–Kier alpha value is -1.48. The van der Waals surface area contributed by atoms with Crippen molar-refractivity contribution in [2.45, 2.75) is 76.4 Å². The van der Waals surface area contributed by atoms with E-state index in [1.54, 1.807) is 20.8 Å². The zero-order valence-electron chi connectivity index (χ0n) is 16.4. The van der Waals surface area contributed by atoms with Crippen molar-refractivity contribution >= 4 is 29.7 Å². The van der Waals surface area contributed by atoms with Gasteiger partial charge in [-0.15, -0.1) is 11.8 Å². The maximum absolute atomic E-state index is 12.0. The zero-order valence-corrected chi connectivity index (χ0v) is 17.2. The number of hydrogen-bond donors (Lipinski definition) is 3. The maximum Gasteiger partial charge on any atom is 0.407 e. The number of amides is 2. The fraction of sp³-hybridized carbons (Fsp3) is 0.833. The molecule has 0 saturated carbocycles. The number of aliphatic carboxylic acids is 1. The van der Waals surface area contributed by atoms with Crippen LogP contribution in [0.3, 0.4) is 0 Å². The van der Waals surface area contributed by atoms with Gasteiger partial charge in [0.05, 0.1) is 5.75 Å². The van der Waals surface area contributed by atoms with Crippen molar-refractivity contribution in [1.82, 2.24) is 10.6 Å². The number of ether oxygens (including phenoxy) is 2. The van der Waals surface area contributed by atoms with Crippen LogP contribution in [0.4, 0.5) is 4.79 Å². The van der Waals surface area contributed by atoms with E-state index in [4.69, 9.17) is 9.47 Å². The van der Waals surface area contributed by atoms with Gasteiger partial charge in [-0.3, -0.25) is 4.79 Å². The van der Waals surface area contributed by atoms with Crippen molar-refractivity contribution in [3.63, 3.8) is 0 Å². The summed E-state index contributed by atoms with van der Waals surface area (Å²) in [6, 6.07) is -0.924. The lowest BCUT2D eigenvalue weighted by atomic mass is 10.1. The van der Waals surface area contributed by atoms with Gasteiger partial charge in [0.1, 0.15) is 17.1 Å². The first-order valence-electron chi connectivity index (χ1n) is 9.39. The molecule has 1 heterocycles. The number of unbranched alkanes of at least 4 members (excludes halogenated alkanes) is 1. The molecule has 1 fully saturated rings. The Kier molecular flexibility index (Phi) is 10.5. The average Bonchev–Trinajstić information content (AvgIpc) is 2.57. The number of carboxylic acids is 1. The minimum absolute atomic E-state index is 0.0201. The molecule has 156 valence electrons. The van der Waals surface area contributed by atoms with Gasteiger partial charge in [-0.2, -0.15) is 0 Å². The Labute approximate surface area is 165 Å². The minimum atomic E-state index is -1.05. The largest absolute Gasteiger partial charge is 0.480 e. The number of thioether (sulfide) groups is 1. The van der Waals surface area contributed by atoms with Crippen molar-refractivity contribution < 1.29 is 29.0 Å². The van der Waals surface area contributed by atoms with Crippen LogP contribution in [0.2, 0.25) is 0 Å². The van der Waals surface area contributed by atoms with Crippen LogP contribution in [0.1, 0.15) is 59.3 Å². The standard InChI is InChI=1S/C18H32N2O6S/c1-18(2,3)26-17(24)19-10-6-4-8-13(16(22)23)20-14(21)12-27-15-9-5-7-11-25-15/h13,15H,4-12H2,1-3H3,(H,19,24)(H,20,21)(H,22,23)/t13-,15-/m0/s1. The monoisotopic (exact) mass is 404 g/mol. The van der Waals surface area contributed by atoms with Crippen LogP contribution in [0.15, 0.2) is 0 Å². The summed E-state index contributed by atoms with van der Waals surface area (Å²) < 4.78 is 10.7. The van der Waals surface area contributed by atoms with Crippen LogP contribution in [0.25, 0.3) is 0 Å². The summed E-state index contributed by atoms with van der Waals surface area (Å²) in [5.41, 5.74) is -0.532. The van der Waals surface area contributed by atoms with E-state index < -0.39 is 23.7 Å². The average molecular weight is 405 g/mol. The van der Waals surface area contributed by atoms with E-state index in [9.17, 15) is 19.5 Å². The third kappa shape index (κ3) is 11.8. The van der Waals surface area contributed by atoms with E-state index in [0.717, 1.165) is 19.3 Å². The molecule has 0 bridgehead atoms. The van der Waals surface area contributed by atoms with Gasteiger partial charge in [-0.25, -0.2) is 9.59 Å². The molecule has 0 unspecified atom stereocenters. The molecule has 2 atom stereocenters. The molecule has 9 heteroatoms. The van der Waals surface area contributed by atoms with Crippen molar-refractivity contribution in [3.05, 3.63) is 0 Å². The van der Waals surface area contributed by atoms with E-state index in [-0.39, 0.29) is 17.1 Å². The van der Waals surface area contributed by atoms with Crippen LogP contribution in [-0.4, -0.2) is 59.1 Å². The number of alkyl carbamates (subject to hydrolysis) is 1. The highest BCUT2D eigenvalue weighted by Gasteiger charge is 2.21. The highest BCUT2D eigenvalue weighted by Crippen LogP contribution is 2.22. The van der Waals surface area contributed by atoms with Crippen LogP contribution in [-0.2, 0) is 19.1 Å². The Morgan fingerprint density at radius 2 is 2.00 bits per heavy atom. The topological polar surface area (TPSA) is 114 Å². The molecule has 1 saturated heterocycles. The maximum atomic E-state index is 12.0. The summed E-state index contributed by atoms with van der Waals surface area (Å²) in [6.07, 6.45) is 4.04. The molecule has 0 aromatic rings. The second kappa shape index (κ2) is 12.1. The minimum Gasteiger partial charge on any atom is -0.480 e. The Balaban J connectivity index is 2.20. The van der Waals surface area contributed by atoms with Gasteiger partial charge in [0.25, 0.3) is 0 Å². The second-order valence-corrected chi connectivity index (χ2v) is 8.64. The molecular formula is C18H32N2O6S. The summed E-state index contributed by atoms with van der Waals surface area (Å²) in [4.78, 5) is 34.8. The molecule has 27 heavy (non-hydrogen) atoms. The molecule has 1 rings (SSSR count). The predicted molar refractivity (Wildman–Crippen MR) is 104 cm³/mol. The second-order valence-electron chi connectivity index (χ2n) is 7.49. The lowest BCUT2D eigenvalue weighted by Gasteiger charge is -2.22. The van der Waals surface area contributed by atoms with Gasteiger partial charge in [-0.05, 0) is 59.3 Å². The molecule has 0 aromatic carbocycles. The zero-order chi connectivity index (χ0) is 20.3.